The first-order valence-electron chi connectivity index (χ1n) is 10.0. The molecule has 0 spiro atoms. The maximum absolute atomic E-state index is 13.3. The molecule has 2 aromatic rings. The van der Waals surface area contributed by atoms with Crippen molar-refractivity contribution >= 4 is 29.4 Å². The van der Waals surface area contributed by atoms with Gasteiger partial charge in [0.25, 0.3) is 5.56 Å². The Morgan fingerprint density at radius 1 is 1.40 bits per heavy atom. The fourth-order valence-corrected chi connectivity index (χ4v) is 5.53. The van der Waals surface area contributed by atoms with Crippen molar-refractivity contribution < 1.29 is 14.3 Å². The van der Waals surface area contributed by atoms with E-state index in [1.807, 2.05) is 24.3 Å². The van der Waals surface area contributed by atoms with Gasteiger partial charge in [-0.2, -0.15) is 0 Å². The monoisotopic (exact) mass is 447 g/mol. The van der Waals surface area contributed by atoms with Gasteiger partial charge in [-0.15, -0.1) is 11.8 Å². The van der Waals surface area contributed by atoms with Gasteiger partial charge in [0.2, 0.25) is 5.91 Å². The number of methoxy groups -OCH3 is 1. The molecule has 4 rings (SSSR count). The molecule has 9 heteroatoms. The van der Waals surface area contributed by atoms with Crippen molar-refractivity contribution in [1.29, 1.82) is 0 Å². The average molecular weight is 448 g/mol. The molecule has 0 unspecified atom stereocenters. The van der Waals surface area contributed by atoms with E-state index in [9.17, 15) is 9.59 Å². The van der Waals surface area contributed by atoms with E-state index < -0.39 is 0 Å². The molecule has 1 N–H and O–H groups in total. The molecule has 1 fully saturated rings. The van der Waals surface area contributed by atoms with E-state index in [1.54, 1.807) is 23.4 Å². The van der Waals surface area contributed by atoms with E-state index in [-0.39, 0.29) is 23.3 Å². The minimum absolute atomic E-state index is 0.0817. The quantitative estimate of drug-likeness (QED) is 0.516. The highest BCUT2D eigenvalue weighted by atomic mass is 32.2. The van der Waals surface area contributed by atoms with E-state index >= 15 is 0 Å². The Kier molecular flexibility index (Phi) is 6.70. The van der Waals surface area contributed by atoms with Gasteiger partial charge in [-0.05, 0) is 37.1 Å². The van der Waals surface area contributed by atoms with E-state index in [2.05, 4.69) is 12.2 Å². The van der Waals surface area contributed by atoms with Crippen LogP contribution in [0.5, 0.6) is 5.75 Å². The molecular weight excluding hydrogens is 422 g/mol. The first kappa shape index (κ1) is 21.3. The molecule has 0 radical (unpaired) electrons. The Morgan fingerprint density at radius 2 is 2.20 bits per heavy atom. The van der Waals surface area contributed by atoms with Crippen LogP contribution in [0.1, 0.15) is 25.5 Å². The summed E-state index contributed by atoms with van der Waals surface area (Å²) in [5, 5.41) is 3.77. The third-order valence-corrected chi connectivity index (χ3v) is 7.25. The zero-order chi connectivity index (χ0) is 21.1. The molecule has 160 valence electrons. The smallest absolute Gasteiger partial charge is 0.272 e. The lowest BCUT2D eigenvalue weighted by molar-refractivity contribution is -0.119. The maximum atomic E-state index is 13.3. The Hall–Kier alpha value is -1.97. The summed E-state index contributed by atoms with van der Waals surface area (Å²) in [6, 6.07) is 7.29. The number of fused-ring (bicyclic) bond motifs is 1. The van der Waals surface area contributed by atoms with Crippen LogP contribution in [0.3, 0.4) is 0 Å². The molecule has 2 aliphatic rings. The number of ether oxygens (including phenoxy) is 2. The molecule has 1 amide bonds. The predicted octanol–water partition coefficient (Wildman–Crippen LogP) is 2.67. The highest BCUT2D eigenvalue weighted by Crippen LogP contribution is 2.35. The van der Waals surface area contributed by atoms with Crippen molar-refractivity contribution in [3.8, 4) is 11.4 Å². The normalized spacial score (nSPS) is 20.2. The van der Waals surface area contributed by atoms with E-state index in [0.717, 1.165) is 31.6 Å². The van der Waals surface area contributed by atoms with Gasteiger partial charge in [0.15, 0.2) is 5.16 Å². The number of carbonyl (C=O) groups is 1. The summed E-state index contributed by atoms with van der Waals surface area (Å²) >= 11 is 2.85. The molecule has 2 aliphatic heterocycles. The number of benzene rings is 1. The SMILES string of the molecule is COc1ccc(-n2c(SCC(=O)NC[C@@H]3CCCO3)nc3c(c2=O)S[C@H](C)C3)cc1. The summed E-state index contributed by atoms with van der Waals surface area (Å²) in [5.41, 5.74) is 1.45. The van der Waals surface area contributed by atoms with E-state index in [1.165, 1.54) is 11.8 Å². The lowest BCUT2D eigenvalue weighted by atomic mass is 10.2. The molecule has 30 heavy (non-hydrogen) atoms. The highest BCUT2D eigenvalue weighted by molar-refractivity contribution is 8.00. The van der Waals surface area contributed by atoms with Gasteiger partial charge in [0.1, 0.15) is 5.75 Å². The second-order valence-electron chi connectivity index (χ2n) is 7.37. The van der Waals surface area contributed by atoms with Crippen LogP contribution in [0.2, 0.25) is 0 Å². The fraction of sp³-hybridized carbons (Fsp3) is 0.476. The first-order chi connectivity index (χ1) is 14.5. The van der Waals surface area contributed by atoms with E-state index in [4.69, 9.17) is 14.5 Å². The molecule has 2 atom stereocenters. The van der Waals surface area contributed by atoms with Crippen molar-refractivity contribution in [2.45, 2.75) is 47.6 Å². The van der Waals surface area contributed by atoms with Crippen LogP contribution in [0.4, 0.5) is 0 Å². The summed E-state index contributed by atoms with van der Waals surface area (Å²) in [4.78, 5) is 31.1. The molecule has 0 saturated carbocycles. The Balaban J connectivity index is 1.56. The molecule has 0 bridgehead atoms. The largest absolute Gasteiger partial charge is 0.497 e. The van der Waals surface area contributed by atoms with Crippen LogP contribution in [0, 0.1) is 0 Å². The van der Waals surface area contributed by atoms with Crippen LogP contribution in [-0.2, 0) is 16.0 Å². The van der Waals surface area contributed by atoms with Gasteiger partial charge in [-0.3, -0.25) is 14.2 Å². The van der Waals surface area contributed by atoms with Gasteiger partial charge in [-0.25, -0.2) is 4.98 Å². The lowest BCUT2D eigenvalue weighted by Gasteiger charge is -2.14. The Bertz CT molecular complexity index is 971. The molecule has 1 aromatic carbocycles. The van der Waals surface area contributed by atoms with Crippen molar-refractivity contribution in [2.24, 2.45) is 0 Å². The van der Waals surface area contributed by atoms with E-state index in [0.29, 0.717) is 33.3 Å². The first-order valence-corrected chi connectivity index (χ1v) is 11.9. The number of rotatable bonds is 7. The highest BCUT2D eigenvalue weighted by Gasteiger charge is 2.27. The number of nitrogens with zero attached hydrogens (tertiary/aromatic N) is 2. The molecule has 7 nitrogen and oxygen atoms in total. The number of hydrogen-bond acceptors (Lipinski definition) is 7. The van der Waals surface area contributed by atoms with Crippen LogP contribution < -0.4 is 15.6 Å². The van der Waals surface area contributed by atoms with Gasteiger partial charge in [0, 0.05) is 24.8 Å². The number of aromatic nitrogens is 2. The molecule has 0 aliphatic carbocycles. The van der Waals surface area contributed by atoms with Crippen LogP contribution >= 0.6 is 23.5 Å². The lowest BCUT2D eigenvalue weighted by Crippen LogP contribution is -2.33. The average Bonchev–Trinajstić information content (AvgIpc) is 3.40. The summed E-state index contributed by atoms with van der Waals surface area (Å²) in [6.07, 6.45) is 2.89. The zero-order valence-corrected chi connectivity index (χ0v) is 18.7. The van der Waals surface area contributed by atoms with Crippen molar-refractivity contribution in [3.63, 3.8) is 0 Å². The number of nitrogens with one attached hydrogen (secondary N) is 1. The van der Waals surface area contributed by atoms with Crippen LogP contribution in [-0.4, -0.2) is 52.8 Å². The second-order valence-corrected chi connectivity index (χ2v) is 9.76. The zero-order valence-electron chi connectivity index (χ0n) is 17.1. The molecule has 1 aromatic heterocycles. The number of carbonyl (C=O) groups excluding carboxylic acids is 1. The molecule has 3 heterocycles. The Labute approximate surface area is 183 Å². The van der Waals surface area contributed by atoms with Gasteiger partial charge >= 0.3 is 0 Å². The Morgan fingerprint density at radius 3 is 2.90 bits per heavy atom. The summed E-state index contributed by atoms with van der Waals surface area (Å²) in [6.45, 7) is 3.38. The summed E-state index contributed by atoms with van der Waals surface area (Å²) in [7, 11) is 1.60. The fourth-order valence-electron chi connectivity index (χ4n) is 3.57. The van der Waals surface area contributed by atoms with Gasteiger partial charge in [0.05, 0.1) is 35.2 Å². The number of hydrogen-bond donors (Lipinski definition) is 1. The van der Waals surface area contributed by atoms with Crippen molar-refractivity contribution in [2.75, 3.05) is 26.0 Å². The minimum atomic E-state index is -0.0886. The standard InChI is InChI=1S/C21H25N3O4S2/c1-13-10-17-19(30-13)20(26)24(14-5-7-15(27-2)8-6-14)21(23-17)29-12-18(25)22-11-16-4-3-9-28-16/h5-8,13,16H,3-4,9-12H2,1-2H3,(H,22,25)/t13-,16+/m1/s1. The predicted molar refractivity (Wildman–Crippen MR) is 118 cm³/mol. The minimum Gasteiger partial charge on any atom is -0.497 e. The maximum Gasteiger partial charge on any atom is 0.272 e. The third-order valence-electron chi connectivity index (χ3n) is 5.10. The van der Waals surface area contributed by atoms with Crippen molar-refractivity contribution in [1.82, 2.24) is 14.9 Å². The van der Waals surface area contributed by atoms with Crippen LogP contribution in [0.15, 0.2) is 39.1 Å². The third kappa shape index (κ3) is 4.68. The van der Waals surface area contributed by atoms with Gasteiger partial charge in [-0.1, -0.05) is 18.7 Å². The van der Waals surface area contributed by atoms with Gasteiger partial charge < -0.3 is 14.8 Å². The number of amides is 1. The summed E-state index contributed by atoms with van der Waals surface area (Å²) in [5.74, 6) is 0.817. The second kappa shape index (κ2) is 9.45. The molecule has 1 saturated heterocycles. The molecular formula is C21H25N3O4S2. The van der Waals surface area contributed by atoms with Crippen LogP contribution in [0.25, 0.3) is 5.69 Å². The number of thioether (sulfide) groups is 2. The summed E-state index contributed by atoms with van der Waals surface area (Å²) < 4.78 is 12.4. The van der Waals surface area contributed by atoms with Crippen molar-refractivity contribution in [3.05, 3.63) is 40.3 Å². The topological polar surface area (TPSA) is 82.4 Å².